The highest BCUT2D eigenvalue weighted by atomic mass is 16.2. The number of urea groups is 2. The summed E-state index contributed by atoms with van der Waals surface area (Å²) in [4.78, 5) is 27.7. The maximum atomic E-state index is 12.2. The van der Waals surface area contributed by atoms with Crippen LogP contribution in [0.2, 0.25) is 0 Å². The van der Waals surface area contributed by atoms with Crippen LogP contribution >= 0.6 is 0 Å². The zero-order valence-electron chi connectivity index (χ0n) is 13.9. The third-order valence-corrected chi connectivity index (χ3v) is 5.19. The van der Waals surface area contributed by atoms with Crippen molar-refractivity contribution in [3.63, 3.8) is 0 Å². The fourth-order valence-corrected chi connectivity index (χ4v) is 3.79. The van der Waals surface area contributed by atoms with Gasteiger partial charge in [0.1, 0.15) is 0 Å². The van der Waals surface area contributed by atoms with E-state index in [1.165, 1.54) is 31.3 Å². The highest BCUT2D eigenvalue weighted by Crippen LogP contribution is 2.20. The van der Waals surface area contributed by atoms with E-state index in [9.17, 15) is 9.59 Å². The predicted octanol–water partition coefficient (Wildman–Crippen LogP) is 2.08. The van der Waals surface area contributed by atoms with Gasteiger partial charge in [0.05, 0.1) is 0 Å². The lowest BCUT2D eigenvalue weighted by Crippen LogP contribution is -2.50. The number of piperidine rings is 1. The molecule has 0 unspecified atom stereocenters. The van der Waals surface area contributed by atoms with Gasteiger partial charge >= 0.3 is 12.1 Å². The predicted molar refractivity (Wildman–Crippen MR) is 89.3 cm³/mol. The average Bonchev–Trinajstić information content (AvgIpc) is 3.02. The summed E-state index contributed by atoms with van der Waals surface area (Å²) >= 11 is 0. The first-order valence-corrected chi connectivity index (χ1v) is 8.99. The monoisotopic (exact) mass is 320 g/mol. The fourth-order valence-electron chi connectivity index (χ4n) is 3.79. The Morgan fingerprint density at radius 2 is 2.09 bits per heavy atom. The molecule has 0 saturated carbocycles. The van der Waals surface area contributed by atoms with Crippen LogP contribution in [0.4, 0.5) is 9.59 Å². The molecule has 0 aromatic carbocycles. The van der Waals surface area contributed by atoms with Gasteiger partial charge in [-0.2, -0.15) is 0 Å². The topological polar surface area (TPSA) is 64.7 Å². The van der Waals surface area contributed by atoms with Gasteiger partial charge in [-0.15, -0.1) is 0 Å². The summed E-state index contributed by atoms with van der Waals surface area (Å²) in [7, 11) is 0. The number of rotatable bonds is 4. The first kappa shape index (κ1) is 16.1. The summed E-state index contributed by atoms with van der Waals surface area (Å²) in [5, 5.41) is 5.89. The number of nitrogens with one attached hydrogen (secondary N) is 2. The molecule has 2 heterocycles. The van der Waals surface area contributed by atoms with Gasteiger partial charge in [0.15, 0.2) is 0 Å². The standard InChI is InChI=1S/C17H28N4O2/c22-16(18-9-6-14-4-2-1-3-5-14)20-11-7-15(8-12-20)21-13-10-19-17(21)23/h4,15H,1-3,5-13H2,(H,18,22)(H,19,23). The van der Waals surface area contributed by atoms with Crippen LogP contribution < -0.4 is 10.6 Å². The van der Waals surface area contributed by atoms with Gasteiger partial charge in [0, 0.05) is 38.8 Å². The van der Waals surface area contributed by atoms with Gasteiger partial charge in [-0.1, -0.05) is 11.6 Å². The Morgan fingerprint density at radius 3 is 2.74 bits per heavy atom. The highest BCUT2D eigenvalue weighted by molar-refractivity contribution is 5.77. The number of hydrogen-bond donors (Lipinski definition) is 2. The molecule has 2 N–H and O–H groups in total. The van der Waals surface area contributed by atoms with Crippen LogP contribution in [0.25, 0.3) is 0 Å². The van der Waals surface area contributed by atoms with E-state index in [4.69, 9.17) is 0 Å². The van der Waals surface area contributed by atoms with E-state index in [2.05, 4.69) is 16.7 Å². The summed E-state index contributed by atoms with van der Waals surface area (Å²) < 4.78 is 0. The number of likely N-dealkylation sites (tertiary alicyclic amines) is 1. The molecule has 128 valence electrons. The van der Waals surface area contributed by atoms with E-state index in [-0.39, 0.29) is 18.1 Å². The molecule has 6 heteroatoms. The van der Waals surface area contributed by atoms with Gasteiger partial charge < -0.3 is 20.4 Å². The Morgan fingerprint density at radius 1 is 1.26 bits per heavy atom. The molecule has 4 amide bonds. The largest absolute Gasteiger partial charge is 0.338 e. The normalized spacial score (nSPS) is 22.8. The molecule has 2 saturated heterocycles. The van der Waals surface area contributed by atoms with Crippen molar-refractivity contribution in [2.75, 3.05) is 32.7 Å². The molecule has 23 heavy (non-hydrogen) atoms. The van der Waals surface area contributed by atoms with E-state index in [0.29, 0.717) is 0 Å². The van der Waals surface area contributed by atoms with Crippen LogP contribution in [0.5, 0.6) is 0 Å². The molecular weight excluding hydrogens is 292 g/mol. The fraction of sp³-hybridized carbons (Fsp3) is 0.765. The lowest BCUT2D eigenvalue weighted by atomic mass is 9.97. The molecular formula is C17H28N4O2. The van der Waals surface area contributed by atoms with Crippen LogP contribution in [0.3, 0.4) is 0 Å². The Kier molecular flexibility index (Phi) is 5.41. The van der Waals surface area contributed by atoms with Gasteiger partial charge in [-0.05, 0) is 44.9 Å². The Balaban J connectivity index is 1.36. The van der Waals surface area contributed by atoms with E-state index in [1.807, 2.05) is 9.80 Å². The van der Waals surface area contributed by atoms with Crippen molar-refractivity contribution in [2.45, 2.75) is 51.0 Å². The second-order valence-electron chi connectivity index (χ2n) is 6.73. The second-order valence-corrected chi connectivity index (χ2v) is 6.73. The number of hydrogen-bond acceptors (Lipinski definition) is 2. The highest BCUT2D eigenvalue weighted by Gasteiger charge is 2.31. The summed E-state index contributed by atoms with van der Waals surface area (Å²) in [6.45, 7) is 3.76. The maximum Gasteiger partial charge on any atom is 0.317 e. The van der Waals surface area contributed by atoms with Crippen molar-refractivity contribution < 1.29 is 9.59 Å². The molecule has 0 aromatic rings. The van der Waals surface area contributed by atoms with Crippen molar-refractivity contribution in [1.82, 2.24) is 20.4 Å². The maximum absolute atomic E-state index is 12.2. The Labute approximate surface area is 138 Å². The smallest absolute Gasteiger partial charge is 0.317 e. The first-order chi connectivity index (χ1) is 11.2. The molecule has 1 aliphatic carbocycles. The minimum atomic E-state index is 0.0470. The molecule has 0 aromatic heterocycles. The molecule has 3 rings (SSSR count). The molecule has 0 bridgehead atoms. The van der Waals surface area contributed by atoms with E-state index in [1.54, 1.807) is 0 Å². The number of carbonyl (C=O) groups excluding carboxylic acids is 2. The van der Waals surface area contributed by atoms with Crippen LogP contribution in [0.15, 0.2) is 11.6 Å². The molecule has 6 nitrogen and oxygen atoms in total. The van der Waals surface area contributed by atoms with Crippen molar-refractivity contribution in [2.24, 2.45) is 0 Å². The van der Waals surface area contributed by atoms with Crippen LogP contribution in [-0.4, -0.2) is 60.6 Å². The number of amides is 4. The number of nitrogens with zero attached hydrogens (tertiary/aromatic N) is 2. The molecule has 2 fully saturated rings. The molecule has 3 aliphatic rings. The minimum absolute atomic E-state index is 0.0470. The molecule has 0 spiro atoms. The van der Waals surface area contributed by atoms with Crippen molar-refractivity contribution in [3.8, 4) is 0 Å². The number of allylic oxidation sites excluding steroid dienone is 1. The summed E-state index contributed by atoms with van der Waals surface area (Å²) in [5.74, 6) is 0. The summed E-state index contributed by atoms with van der Waals surface area (Å²) in [6.07, 6.45) is 10.1. The zero-order chi connectivity index (χ0) is 16.1. The third kappa shape index (κ3) is 4.18. The lowest BCUT2D eigenvalue weighted by molar-refractivity contribution is 0.141. The van der Waals surface area contributed by atoms with Gasteiger partial charge in [0.25, 0.3) is 0 Å². The van der Waals surface area contributed by atoms with Gasteiger partial charge in [0.2, 0.25) is 0 Å². The van der Waals surface area contributed by atoms with Gasteiger partial charge in [-0.3, -0.25) is 0 Å². The molecule has 2 aliphatic heterocycles. The molecule has 0 radical (unpaired) electrons. The Bertz CT molecular complexity index is 469. The average molecular weight is 320 g/mol. The lowest BCUT2D eigenvalue weighted by Gasteiger charge is -2.36. The van der Waals surface area contributed by atoms with E-state index in [0.717, 1.165) is 52.0 Å². The van der Waals surface area contributed by atoms with Crippen LogP contribution in [0.1, 0.15) is 44.9 Å². The second kappa shape index (κ2) is 7.70. The summed E-state index contributed by atoms with van der Waals surface area (Å²) in [5.41, 5.74) is 1.50. The minimum Gasteiger partial charge on any atom is -0.338 e. The molecule has 0 atom stereocenters. The van der Waals surface area contributed by atoms with E-state index < -0.39 is 0 Å². The van der Waals surface area contributed by atoms with Crippen molar-refractivity contribution in [3.05, 3.63) is 11.6 Å². The summed E-state index contributed by atoms with van der Waals surface area (Å²) in [6, 6.07) is 0.383. The van der Waals surface area contributed by atoms with Crippen molar-refractivity contribution in [1.29, 1.82) is 0 Å². The number of carbonyl (C=O) groups is 2. The third-order valence-electron chi connectivity index (χ3n) is 5.19. The quantitative estimate of drug-likeness (QED) is 0.779. The Hall–Kier alpha value is -1.72. The van der Waals surface area contributed by atoms with Crippen molar-refractivity contribution >= 4 is 12.1 Å². The zero-order valence-corrected chi connectivity index (χ0v) is 13.9. The van der Waals surface area contributed by atoms with E-state index >= 15 is 0 Å². The SMILES string of the molecule is O=C(NCCC1=CCCCC1)N1CCC(N2CCNC2=O)CC1. The first-order valence-electron chi connectivity index (χ1n) is 8.99. The van der Waals surface area contributed by atoms with Crippen LogP contribution in [0, 0.1) is 0 Å². The van der Waals surface area contributed by atoms with Crippen LogP contribution in [-0.2, 0) is 0 Å². The van der Waals surface area contributed by atoms with Gasteiger partial charge in [-0.25, -0.2) is 9.59 Å².